The summed E-state index contributed by atoms with van der Waals surface area (Å²) in [5.41, 5.74) is 0.461. The standard InChI is InChI=1S/C13H15NO4/c1-4-17-13(15)9(2)18-11-6-5-10(8-14)7-12(11)16-3/h5-7,9H,4H2,1-3H3. The molecule has 1 rings (SSSR count). The van der Waals surface area contributed by atoms with Crippen LogP contribution in [0.4, 0.5) is 0 Å². The highest BCUT2D eigenvalue weighted by molar-refractivity contribution is 5.74. The van der Waals surface area contributed by atoms with Crippen molar-refractivity contribution < 1.29 is 19.0 Å². The molecule has 0 N–H and O–H groups in total. The van der Waals surface area contributed by atoms with Gasteiger partial charge in [-0.3, -0.25) is 0 Å². The summed E-state index contributed by atoms with van der Waals surface area (Å²) in [7, 11) is 1.47. The molecule has 18 heavy (non-hydrogen) atoms. The fraction of sp³-hybridized carbons (Fsp3) is 0.385. The minimum atomic E-state index is -0.730. The van der Waals surface area contributed by atoms with Crippen LogP contribution in [0.15, 0.2) is 18.2 Å². The molecule has 0 fully saturated rings. The van der Waals surface area contributed by atoms with Gasteiger partial charge in [-0.05, 0) is 26.0 Å². The molecular weight excluding hydrogens is 234 g/mol. The summed E-state index contributed by atoms with van der Waals surface area (Å²) in [6, 6.07) is 6.73. The molecular formula is C13H15NO4. The third-order valence-corrected chi connectivity index (χ3v) is 2.21. The van der Waals surface area contributed by atoms with E-state index in [1.165, 1.54) is 7.11 Å². The maximum absolute atomic E-state index is 11.4. The van der Waals surface area contributed by atoms with Crippen LogP contribution in [0.25, 0.3) is 0 Å². The molecule has 0 saturated carbocycles. The number of rotatable bonds is 5. The molecule has 0 bridgehead atoms. The summed E-state index contributed by atoms with van der Waals surface area (Å²) in [6.07, 6.45) is -0.730. The summed E-state index contributed by atoms with van der Waals surface area (Å²) < 4.78 is 15.4. The van der Waals surface area contributed by atoms with Gasteiger partial charge < -0.3 is 14.2 Å². The van der Waals surface area contributed by atoms with Gasteiger partial charge in [0.2, 0.25) is 0 Å². The van der Waals surface area contributed by atoms with Crippen LogP contribution in [-0.2, 0) is 9.53 Å². The monoisotopic (exact) mass is 249 g/mol. The molecule has 0 aromatic heterocycles. The van der Waals surface area contributed by atoms with Crippen LogP contribution >= 0.6 is 0 Å². The Bertz CT molecular complexity index is 465. The van der Waals surface area contributed by atoms with Gasteiger partial charge in [0.05, 0.1) is 25.3 Å². The van der Waals surface area contributed by atoms with Gasteiger partial charge in [-0.15, -0.1) is 0 Å². The molecule has 0 radical (unpaired) electrons. The molecule has 0 spiro atoms. The first-order valence-electron chi connectivity index (χ1n) is 5.53. The van der Waals surface area contributed by atoms with Crippen molar-refractivity contribution in [1.82, 2.24) is 0 Å². The number of nitriles is 1. The first-order chi connectivity index (χ1) is 8.62. The molecule has 0 saturated heterocycles. The summed E-state index contributed by atoms with van der Waals surface area (Å²) >= 11 is 0. The molecule has 0 aliphatic carbocycles. The van der Waals surface area contributed by atoms with Gasteiger partial charge in [-0.2, -0.15) is 5.26 Å². The smallest absolute Gasteiger partial charge is 0.347 e. The zero-order valence-corrected chi connectivity index (χ0v) is 10.6. The highest BCUT2D eigenvalue weighted by atomic mass is 16.6. The third kappa shape index (κ3) is 3.39. The van der Waals surface area contributed by atoms with Gasteiger partial charge in [0.25, 0.3) is 0 Å². The van der Waals surface area contributed by atoms with E-state index in [0.29, 0.717) is 23.7 Å². The van der Waals surface area contributed by atoms with Crippen LogP contribution in [0.3, 0.4) is 0 Å². The van der Waals surface area contributed by atoms with Crippen LogP contribution in [0, 0.1) is 11.3 Å². The van der Waals surface area contributed by atoms with E-state index in [4.69, 9.17) is 19.5 Å². The molecule has 5 nitrogen and oxygen atoms in total. The maximum atomic E-state index is 11.4. The molecule has 5 heteroatoms. The van der Waals surface area contributed by atoms with Gasteiger partial charge in [0, 0.05) is 6.07 Å². The molecule has 1 aromatic carbocycles. The molecule has 0 aliphatic rings. The number of carbonyl (C=O) groups is 1. The van der Waals surface area contributed by atoms with Crippen LogP contribution in [-0.4, -0.2) is 25.8 Å². The number of methoxy groups -OCH3 is 1. The average molecular weight is 249 g/mol. The molecule has 1 unspecified atom stereocenters. The van der Waals surface area contributed by atoms with E-state index in [-0.39, 0.29) is 0 Å². The summed E-state index contributed by atoms with van der Waals surface area (Å²) in [5, 5.41) is 8.77. The zero-order chi connectivity index (χ0) is 13.5. The Morgan fingerprint density at radius 2 is 2.17 bits per heavy atom. The van der Waals surface area contributed by atoms with Crippen molar-refractivity contribution in [3.05, 3.63) is 23.8 Å². The number of carbonyl (C=O) groups excluding carboxylic acids is 1. The second kappa shape index (κ2) is 6.50. The van der Waals surface area contributed by atoms with E-state index in [9.17, 15) is 4.79 Å². The van der Waals surface area contributed by atoms with Gasteiger partial charge in [-0.25, -0.2) is 4.79 Å². The number of hydrogen-bond acceptors (Lipinski definition) is 5. The molecule has 1 atom stereocenters. The van der Waals surface area contributed by atoms with Crippen molar-refractivity contribution in [1.29, 1.82) is 5.26 Å². The Morgan fingerprint density at radius 1 is 1.44 bits per heavy atom. The van der Waals surface area contributed by atoms with Crippen molar-refractivity contribution >= 4 is 5.97 Å². The Hall–Kier alpha value is -2.22. The first kappa shape index (κ1) is 13.8. The van der Waals surface area contributed by atoms with E-state index < -0.39 is 12.1 Å². The van der Waals surface area contributed by atoms with E-state index in [2.05, 4.69) is 0 Å². The SMILES string of the molecule is CCOC(=O)C(C)Oc1ccc(C#N)cc1OC. The fourth-order valence-electron chi connectivity index (χ4n) is 1.33. The minimum absolute atomic E-state index is 0.303. The molecule has 96 valence electrons. The highest BCUT2D eigenvalue weighted by Crippen LogP contribution is 2.28. The van der Waals surface area contributed by atoms with Gasteiger partial charge >= 0.3 is 5.97 Å². The lowest BCUT2D eigenvalue weighted by Gasteiger charge is -2.15. The zero-order valence-electron chi connectivity index (χ0n) is 10.6. The van der Waals surface area contributed by atoms with Crippen LogP contribution in [0.1, 0.15) is 19.4 Å². The lowest BCUT2D eigenvalue weighted by molar-refractivity contribution is -0.150. The third-order valence-electron chi connectivity index (χ3n) is 2.21. The fourth-order valence-corrected chi connectivity index (χ4v) is 1.33. The normalized spacial score (nSPS) is 11.2. The minimum Gasteiger partial charge on any atom is -0.493 e. The van der Waals surface area contributed by atoms with Gasteiger partial charge in [0.1, 0.15) is 0 Å². The van der Waals surface area contributed by atoms with E-state index in [0.717, 1.165) is 0 Å². The highest BCUT2D eigenvalue weighted by Gasteiger charge is 2.17. The number of ether oxygens (including phenoxy) is 3. The Balaban J connectivity index is 2.84. The predicted octanol–water partition coefficient (Wildman–Crippen LogP) is 1.90. The van der Waals surface area contributed by atoms with E-state index >= 15 is 0 Å². The summed E-state index contributed by atoms with van der Waals surface area (Å²) in [6.45, 7) is 3.62. The van der Waals surface area contributed by atoms with Crippen molar-refractivity contribution in [2.24, 2.45) is 0 Å². The van der Waals surface area contributed by atoms with Crippen LogP contribution < -0.4 is 9.47 Å². The van der Waals surface area contributed by atoms with Crippen LogP contribution in [0.2, 0.25) is 0 Å². The molecule has 0 amide bonds. The maximum Gasteiger partial charge on any atom is 0.347 e. The topological polar surface area (TPSA) is 68.5 Å². The van der Waals surface area contributed by atoms with E-state index in [1.54, 1.807) is 32.0 Å². The summed E-state index contributed by atoms with van der Waals surface area (Å²) in [5.74, 6) is 0.367. The average Bonchev–Trinajstić information content (AvgIpc) is 2.39. The van der Waals surface area contributed by atoms with Crippen molar-refractivity contribution in [3.8, 4) is 17.6 Å². The Labute approximate surface area is 106 Å². The van der Waals surface area contributed by atoms with E-state index in [1.807, 2.05) is 6.07 Å². The quantitative estimate of drug-likeness (QED) is 0.745. The number of benzene rings is 1. The lowest BCUT2D eigenvalue weighted by Crippen LogP contribution is -2.26. The van der Waals surface area contributed by atoms with Crippen molar-refractivity contribution in [2.45, 2.75) is 20.0 Å². The molecule has 1 aromatic rings. The van der Waals surface area contributed by atoms with Gasteiger partial charge in [0.15, 0.2) is 17.6 Å². The summed E-state index contributed by atoms with van der Waals surface area (Å²) in [4.78, 5) is 11.4. The van der Waals surface area contributed by atoms with Crippen molar-refractivity contribution in [2.75, 3.05) is 13.7 Å². The second-order valence-corrected chi connectivity index (χ2v) is 3.49. The lowest BCUT2D eigenvalue weighted by atomic mass is 10.2. The largest absolute Gasteiger partial charge is 0.493 e. The first-order valence-corrected chi connectivity index (χ1v) is 5.53. The van der Waals surface area contributed by atoms with Gasteiger partial charge in [-0.1, -0.05) is 0 Å². The van der Waals surface area contributed by atoms with Crippen LogP contribution in [0.5, 0.6) is 11.5 Å². The number of hydrogen-bond donors (Lipinski definition) is 0. The second-order valence-electron chi connectivity index (χ2n) is 3.49. The number of nitrogens with zero attached hydrogens (tertiary/aromatic N) is 1. The Kier molecular flexibility index (Phi) is 5.00. The van der Waals surface area contributed by atoms with Crippen molar-refractivity contribution in [3.63, 3.8) is 0 Å². The molecule has 0 aliphatic heterocycles. The molecule has 0 heterocycles. The number of esters is 1. The Morgan fingerprint density at radius 3 is 2.72 bits per heavy atom. The predicted molar refractivity (Wildman–Crippen MR) is 64.4 cm³/mol.